The van der Waals surface area contributed by atoms with Gasteiger partial charge in [0.25, 0.3) is 0 Å². The van der Waals surface area contributed by atoms with E-state index in [1.807, 2.05) is 12.1 Å². The Bertz CT molecular complexity index is 578. The van der Waals surface area contributed by atoms with Crippen molar-refractivity contribution in [2.45, 2.75) is 26.2 Å². The smallest absolute Gasteiger partial charge is 0.228 e. The highest BCUT2D eigenvalue weighted by molar-refractivity contribution is 5.98. The van der Waals surface area contributed by atoms with Gasteiger partial charge < -0.3 is 5.32 Å². The second-order valence-electron chi connectivity index (χ2n) is 6.64. The van der Waals surface area contributed by atoms with Crippen molar-refractivity contribution in [3.05, 3.63) is 29.8 Å². The topological polar surface area (TPSA) is 46.2 Å². The molecule has 1 aromatic carbocycles. The molecule has 20 heavy (non-hydrogen) atoms. The lowest BCUT2D eigenvalue weighted by Crippen LogP contribution is -2.18. The summed E-state index contributed by atoms with van der Waals surface area (Å²) >= 11 is 0. The summed E-state index contributed by atoms with van der Waals surface area (Å²) < 4.78 is 0. The Morgan fingerprint density at radius 1 is 1.15 bits per heavy atom. The van der Waals surface area contributed by atoms with Crippen molar-refractivity contribution < 1.29 is 9.59 Å². The molecule has 0 radical (unpaired) electrons. The van der Waals surface area contributed by atoms with E-state index in [1.54, 1.807) is 19.1 Å². The summed E-state index contributed by atoms with van der Waals surface area (Å²) in [6.07, 6.45) is 4.02. The van der Waals surface area contributed by atoms with Gasteiger partial charge >= 0.3 is 0 Å². The number of carbonyl (C=O) groups excluding carboxylic acids is 2. The van der Waals surface area contributed by atoms with Crippen LogP contribution in [0.3, 0.4) is 0 Å². The molecule has 104 valence electrons. The predicted molar refractivity (Wildman–Crippen MR) is 76.4 cm³/mol. The summed E-state index contributed by atoms with van der Waals surface area (Å²) in [4.78, 5) is 23.8. The van der Waals surface area contributed by atoms with Crippen LogP contribution in [-0.4, -0.2) is 11.7 Å². The number of fused-ring (bicyclic) bond motifs is 5. The second-order valence-corrected chi connectivity index (χ2v) is 6.64. The minimum absolute atomic E-state index is 0.0300. The highest BCUT2D eigenvalue weighted by Crippen LogP contribution is 2.69. The molecule has 1 N–H and O–H groups in total. The third-order valence-electron chi connectivity index (χ3n) is 5.57. The van der Waals surface area contributed by atoms with E-state index in [2.05, 4.69) is 5.32 Å². The first-order valence-electron chi connectivity index (χ1n) is 7.57. The number of ketones is 1. The molecule has 3 nitrogen and oxygen atoms in total. The second kappa shape index (κ2) is 4.18. The van der Waals surface area contributed by atoms with Gasteiger partial charge in [0.2, 0.25) is 5.91 Å². The van der Waals surface area contributed by atoms with E-state index in [1.165, 1.54) is 19.3 Å². The van der Waals surface area contributed by atoms with Crippen LogP contribution in [0.25, 0.3) is 0 Å². The van der Waals surface area contributed by atoms with E-state index in [9.17, 15) is 9.59 Å². The van der Waals surface area contributed by atoms with Crippen LogP contribution in [0.15, 0.2) is 24.3 Å². The molecule has 1 amide bonds. The maximum atomic E-state index is 12.4. The lowest BCUT2D eigenvalue weighted by Gasteiger charge is -2.10. The molecule has 0 saturated heterocycles. The van der Waals surface area contributed by atoms with Crippen molar-refractivity contribution in [2.24, 2.45) is 29.6 Å². The van der Waals surface area contributed by atoms with Gasteiger partial charge in [-0.05, 0) is 62.0 Å². The first kappa shape index (κ1) is 12.1. The number of Topliss-reactive ketones (excluding diaryl/α,β-unsaturated/α-hetero) is 1. The van der Waals surface area contributed by atoms with Gasteiger partial charge in [0.15, 0.2) is 5.78 Å². The van der Waals surface area contributed by atoms with Crippen molar-refractivity contribution in [3.8, 4) is 0 Å². The van der Waals surface area contributed by atoms with Crippen molar-refractivity contribution in [3.63, 3.8) is 0 Å². The molecule has 3 aliphatic carbocycles. The van der Waals surface area contributed by atoms with Gasteiger partial charge in [0, 0.05) is 17.2 Å². The summed E-state index contributed by atoms with van der Waals surface area (Å²) in [5, 5.41) is 3.01. The van der Waals surface area contributed by atoms with Gasteiger partial charge in [-0.1, -0.05) is 12.1 Å². The van der Waals surface area contributed by atoms with Crippen molar-refractivity contribution in [2.75, 3.05) is 5.32 Å². The maximum Gasteiger partial charge on any atom is 0.228 e. The number of nitrogens with one attached hydrogen (secondary N) is 1. The highest BCUT2D eigenvalue weighted by atomic mass is 16.2. The fraction of sp³-hybridized carbons (Fsp3) is 0.529. The van der Waals surface area contributed by atoms with Crippen molar-refractivity contribution in [1.82, 2.24) is 0 Å². The summed E-state index contributed by atoms with van der Waals surface area (Å²) in [5.74, 6) is 3.37. The number of hydrogen-bond donors (Lipinski definition) is 1. The molecule has 1 aromatic rings. The number of rotatable bonds is 3. The van der Waals surface area contributed by atoms with E-state index in [0.29, 0.717) is 17.4 Å². The normalized spacial score (nSPS) is 36.5. The molecule has 3 aliphatic rings. The number of amides is 1. The molecular weight excluding hydrogens is 250 g/mol. The van der Waals surface area contributed by atoms with Crippen molar-refractivity contribution in [1.29, 1.82) is 0 Å². The van der Waals surface area contributed by atoms with E-state index < -0.39 is 0 Å². The monoisotopic (exact) mass is 269 g/mol. The van der Waals surface area contributed by atoms with E-state index in [0.717, 1.165) is 17.5 Å². The third kappa shape index (κ3) is 1.72. The third-order valence-corrected chi connectivity index (χ3v) is 5.57. The fourth-order valence-corrected chi connectivity index (χ4v) is 4.72. The highest BCUT2D eigenvalue weighted by Gasteiger charge is 2.67. The van der Waals surface area contributed by atoms with Crippen LogP contribution in [0.2, 0.25) is 0 Å². The summed E-state index contributed by atoms with van der Waals surface area (Å²) in [6, 6.07) is 7.23. The standard InChI is InChI=1S/C17H19NO2/c1-9(19)10-3-2-4-13(8-10)18-17(20)16-14-11-5-6-12(7-11)15(14)16/h2-4,8,11-12,14-16H,5-7H2,1H3,(H,18,20)/t11-,12-,14-,15+,16?/m0/s1. The first-order valence-corrected chi connectivity index (χ1v) is 7.57. The Morgan fingerprint density at radius 3 is 2.50 bits per heavy atom. The Morgan fingerprint density at radius 2 is 1.85 bits per heavy atom. The zero-order valence-corrected chi connectivity index (χ0v) is 11.6. The Kier molecular flexibility index (Phi) is 2.53. The largest absolute Gasteiger partial charge is 0.326 e. The Balaban J connectivity index is 1.46. The Hall–Kier alpha value is -1.64. The molecule has 3 heteroatoms. The van der Waals surface area contributed by atoms with E-state index in [4.69, 9.17) is 0 Å². The molecule has 0 heterocycles. The van der Waals surface area contributed by atoms with Crippen molar-refractivity contribution >= 4 is 17.4 Å². The predicted octanol–water partition coefficient (Wildman–Crippen LogP) is 3.12. The molecule has 0 spiro atoms. The zero-order valence-electron chi connectivity index (χ0n) is 11.6. The van der Waals surface area contributed by atoms with E-state index in [-0.39, 0.29) is 17.6 Å². The minimum Gasteiger partial charge on any atom is -0.326 e. The Labute approximate surface area is 118 Å². The molecule has 3 fully saturated rings. The van der Waals surface area contributed by atoms with Gasteiger partial charge in [-0.15, -0.1) is 0 Å². The lowest BCUT2D eigenvalue weighted by molar-refractivity contribution is -0.118. The van der Waals surface area contributed by atoms with Crippen LogP contribution in [0.1, 0.15) is 36.5 Å². The zero-order chi connectivity index (χ0) is 13.9. The molecule has 2 bridgehead atoms. The summed E-state index contributed by atoms with van der Waals surface area (Å²) in [6.45, 7) is 1.55. The maximum absolute atomic E-state index is 12.4. The van der Waals surface area contributed by atoms with Gasteiger partial charge in [0.05, 0.1) is 0 Å². The number of carbonyl (C=O) groups is 2. The average molecular weight is 269 g/mol. The van der Waals surface area contributed by atoms with Gasteiger partial charge in [-0.2, -0.15) is 0 Å². The average Bonchev–Trinajstić information content (AvgIpc) is 2.88. The van der Waals surface area contributed by atoms with Gasteiger partial charge in [-0.25, -0.2) is 0 Å². The lowest BCUT2D eigenvalue weighted by atomic mass is 10.0. The molecule has 1 unspecified atom stereocenters. The van der Waals surface area contributed by atoms with Gasteiger partial charge in [-0.3, -0.25) is 9.59 Å². The number of hydrogen-bond acceptors (Lipinski definition) is 2. The molecule has 5 atom stereocenters. The number of anilines is 1. The minimum atomic E-state index is 0.0300. The van der Waals surface area contributed by atoms with Crippen LogP contribution in [0.5, 0.6) is 0 Å². The number of benzene rings is 1. The van der Waals surface area contributed by atoms with Crippen LogP contribution < -0.4 is 5.32 Å². The quantitative estimate of drug-likeness (QED) is 0.857. The van der Waals surface area contributed by atoms with Crippen LogP contribution in [0, 0.1) is 29.6 Å². The molecule has 4 rings (SSSR count). The molecular formula is C17H19NO2. The van der Waals surface area contributed by atoms with Crippen LogP contribution >= 0.6 is 0 Å². The summed E-state index contributed by atoms with van der Waals surface area (Å²) in [7, 11) is 0. The van der Waals surface area contributed by atoms with Crippen LogP contribution in [-0.2, 0) is 4.79 Å². The fourth-order valence-electron chi connectivity index (χ4n) is 4.72. The van der Waals surface area contributed by atoms with E-state index >= 15 is 0 Å². The van der Waals surface area contributed by atoms with Crippen LogP contribution in [0.4, 0.5) is 5.69 Å². The molecule has 3 saturated carbocycles. The van der Waals surface area contributed by atoms with Gasteiger partial charge in [0.1, 0.15) is 0 Å². The summed E-state index contributed by atoms with van der Waals surface area (Å²) in [5.41, 5.74) is 1.40. The first-order chi connectivity index (χ1) is 9.65. The SMILES string of the molecule is CC(=O)c1cccc(NC(=O)C2[C@@H]3[C@H]4CC[C@@H](C4)[C@H]23)c1. The molecule has 0 aromatic heterocycles. The molecule has 0 aliphatic heterocycles.